The van der Waals surface area contributed by atoms with Crippen molar-refractivity contribution >= 4 is 23.4 Å². The van der Waals surface area contributed by atoms with Gasteiger partial charge < -0.3 is 21.1 Å². The molecule has 0 spiro atoms. The maximum absolute atomic E-state index is 11.9. The molecular weight excluding hydrogens is 306 g/mol. The Morgan fingerprint density at radius 1 is 1.32 bits per heavy atom. The lowest BCUT2D eigenvalue weighted by atomic mass is 9.81. The molecule has 1 heterocycles. The molecule has 4 N–H and O–H groups in total. The third kappa shape index (κ3) is 3.18. The molecule has 1 unspecified atom stereocenters. The average Bonchev–Trinajstić information content (AvgIpc) is 2.84. The number of carbonyl (C=O) groups is 2. The minimum Gasteiger partial charge on any atom is -0.491 e. The number of nitrogens with two attached hydrogens (primary N) is 1. The van der Waals surface area contributed by atoms with Crippen molar-refractivity contribution in [3.05, 3.63) is 28.8 Å². The van der Waals surface area contributed by atoms with Gasteiger partial charge in [0.25, 0.3) is 0 Å². The topological polar surface area (TPSA) is 93.5 Å². The minimum atomic E-state index is -0.662. The Morgan fingerprint density at radius 3 is 2.82 bits per heavy atom. The number of nitrogens with one attached hydrogen (secondary N) is 2. The normalized spacial score (nSPS) is 25.6. The number of benzene rings is 1. The molecule has 1 saturated carbocycles. The third-order valence-corrected chi connectivity index (χ3v) is 4.32. The van der Waals surface area contributed by atoms with Crippen molar-refractivity contribution in [2.24, 2.45) is 11.7 Å². The van der Waals surface area contributed by atoms with E-state index in [1.165, 1.54) is 0 Å². The monoisotopic (exact) mass is 323 g/mol. The Kier molecular flexibility index (Phi) is 4.22. The van der Waals surface area contributed by atoms with E-state index in [4.69, 9.17) is 22.1 Å². The van der Waals surface area contributed by atoms with Gasteiger partial charge in [-0.05, 0) is 37.0 Å². The fourth-order valence-corrected chi connectivity index (χ4v) is 2.98. The van der Waals surface area contributed by atoms with E-state index in [0.717, 1.165) is 18.4 Å². The number of halogens is 1. The molecule has 1 aliphatic heterocycles. The summed E-state index contributed by atoms with van der Waals surface area (Å²) in [5, 5.41) is 5.88. The summed E-state index contributed by atoms with van der Waals surface area (Å²) in [6.45, 7) is 0.787. The summed E-state index contributed by atoms with van der Waals surface area (Å²) in [5.74, 6) is -0.236. The van der Waals surface area contributed by atoms with E-state index in [1.807, 2.05) is 0 Å². The van der Waals surface area contributed by atoms with E-state index in [9.17, 15) is 9.59 Å². The van der Waals surface area contributed by atoms with Crippen LogP contribution in [0.1, 0.15) is 24.4 Å². The Hall–Kier alpha value is -1.79. The summed E-state index contributed by atoms with van der Waals surface area (Å²) in [6, 6.07) is 5.09. The van der Waals surface area contributed by atoms with Gasteiger partial charge in [0, 0.05) is 23.2 Å². The molecule has 0 aromatic heterocycles. The standard InChI is InChI=1S/C15H18ClN3O3/c16-9-1-2-13-11(5-9)12(7-22-13)19-15(21)14(20)18-6-8-3-10(17)4-8/h1-2,5,8,10,12H,3-4,6-7,17H2,(H,18,20)(H,19,21). The predicted octanol–water partition coefficient (Wildman–Crippen LogP) is 0.743. The second kappa shape index (κ2) is 6.14. The van der Waals surface area contributed by atoms with Crippen LogP contribution in [0.5, 0.6) is 5.75 Å². The summed E-state index contributed by atoms with van der Waals surface area (Å²) in [4.78, 5) is 23.8. The summed E-state index contributed by atoms with van der Waals surface area (Å²) in [5.41, 5.74) is 6.48. The lowest BCUT2D eigenvalue weighted by Gasteiger charge is -2.32. The van der Waals surface area contributed by atoms with Crippen molar-refractivity contribution in [1.29, 1.82) is 0 Å². The van der Waals surface area contributed by atoms with E-state index in [1.54, 1.807) is 18.2 Å². The second-order valence-electron chi connectivity index (χ2n) is 5.83. The summed E-state index contributed by atoms with van der Waals surface area (Å²) >= 11 is 5.95. The molecule has 0 bridgehead atoms. The molecule has 1 aromatic carbocycles. The maximum atomic E-state index is 11.9. The molecule has 2 aliphatic rings. The van der Waals surface area contributed by atoms with E-state index in [0.29, 0.717) is 29.8 Å². The van der Waals surface area contributed by atoms with Crippen LogP contribution in [0.2, 0.25) is 5.02 Å². The number of rotatable bonds is 3. The van der Waals surface area contributed by atoms with Gasteiger partial charge in [0.15, 0.2) is 0 Å². The number of fused-ring (bicyclic) bond motifs is 1. The van der Waals surface area contributed by atoms with E-state index >= 15 is 0 Å². The molecule has 2 amide bonds. The van der Waals surface area contributed by atoms with Gasteiger partial charge in [-0.2, -0.15) is 0 Å². The highest BCUT2D eigenvalue weighted by molar-refractivity contribution is 6.35. The first kappa shape index (κ1) is 15.1. The fourth-order valence-electron chi connectivity index (χ4n) is 2.80. The Labute approximate surface area is 133 Å². The first-order chi connectivity index (χ1) is 10.5. The smallest absolute Gasteiger partial charge is 0.309 e. The molecule has 6 nitrogen and oxygen atoms in total. The lowest BCUT2D eigenvalue weighted by molar-refractivity contribution is -0.139. The molecular formula is C15H18ClN3O3. The highest BCUT2D eigenvalue weighted by Crippen LogP contribution is 2.34. The van der Waals surface area contributed by atoms with Crippen LogP contribution in [0.4, 0.5) is 0 Å². The van der Waals surface area contributed by atoms with Gasteiger partial charge in [-0.15, -0.1) is 0 Å². The maximum Gasteiger partial charge on any atom is 0.309 e. The second-order valence-corrected chi connectivity index (χ2v) is 6.26. The largest absolute Gasteiger partial charge is 0.491 e. The van der Waals surface area contributed by atoms with Crippen molar-refractivity contribution in [1.82, 2.24) is 10.6 Å². The summed E-state index contributed by atoms with van der Waals surface area (Å²) in [6.07, 6.45) is 1.79. The Bertz CT molecular complexity index is 602. The molecule has 22 heavy (non-hydrogen) atoms. The van der Waals surface area contributed by atoms with Gasteiger partial charge in [0.05, 0.1) is 6.04 Å². The van der Waals surface area contributed by atoms with Gasteiger partial charge in [0.1, 0.15) is 12.4 Å². The molecule has 0 saturated heterocycles. The fraction of sp³-hybridized carbons (Fsp3) is 0.467. The molecule has 1 atom stereocenters. The van der Waals surface area contributed by atoms with Gasteiger partial charge in [-0.1, -0.05) is 11.6 Å². The zero-order valence-electron chi connectivity index (χ0n) is 12.0. The Morgan fingerprint density at radius 2 is 2.09 bits per heavy atom. The van der Waals surface area contributed by atoms with Crippen LogP contribution >= 0.6 is 11.6 Å². The van der Waals surface area contributed by atoms with E-state index in [2.05, 4.69) is 10.6 Å². The quantitative estimate of drug-likeness (QED) is 0.715. The van der Waals surface area contributed by atoms with E-state index in [-0.39, 0.29) is 12.1 Å². The SMILES string of the molecule is NC1CC(CNC(=O)C(=O)NC2COc3ccc(Cl)cc32)C1. The summed E-state index contributed by atoms with van der Waals surface area (Å²) in [7, 11) is 0. The van der Waals surface area contributed by atoms with Gasteiger partial charge in [-0.3, -0.25) is 9.59 Å². The zero-order chi connectivity index (χ0) is 15.7. The molecule has 118 valence electrons. The molecule has 3 rings (SSSR count). The van der Waals surface area contributed by atoms with Crippen molar-refractivity contribution < 1.29 is 14.3 Å². The number of hydrogen-bond acceptors (Lipinski definition) is 4. The number of ether oxygens (including phenoxy) is 1. The zero-order valence-corrected chi connectivity index (χ0v) is 12.7. The predicted molar refractivity (Wildman–Crippen MR) is 81.5 cm³/mol. The molecule has 1 aliphatic carbocycles. The molecule has 1 fully saturated rings. The third-order valence-electron chi connectivity index (χ3n) is 4.09. The van der Waals surface area contributed by atoms with Crippen molar-refractivity contribution in [3.63, 3.8) is 0 Å². The molecule has 1 aromatic rings. The van der Waals surface area contributed by atoms with Crippen LogP contribution in [0.25, 0.3) is 0 Å². The average molecular weight is 324 g/mol. The van der Waals surface area contributed by atoms with Crippen LogP contribution in [-0.4, -0.2) is 31.0 Å². The van der Waals surface area contributed by atoms with E-state index < -0.39 is 11.8 Å². The number of amides is 2. The van der Waals surface area contributed by atoms with Crippen LogP contribution in [0.3, 0.4) is 0 Å². The molecule has 0 radical (unpaired) electrons. The number of carbonyl (C=O) groups excluding carboxylic acids is 2. The van der Waals surface area contributed by atoms with Crippen LogP contribution < -0.4 is 21.1 Å². The van der Waals surface area contributed by atoms with Crippen molar-refractivity contribution in [3.8, 4) is 5.75 Å². The van der Waals surface area contributed by atoms with Crippen LogP contribution in [0.15, 0.2) is 18.2 Å². The Balaban J connectivity index is 1.52. The van der Waals surface area contributed by atoms with Gasteiger partial charge >= 0.3 is 11.8 Å². The van der Waals surface area contributed by atoms with Crippen LogP contribution in [-0.2, 0) is 9.59 Å². The summed E-state index contributed by atoms with van der Waals surface area (Å²) < 4.78 is 5.46. The molecule has 7 heteroatoms. The first-order valence-electron chi connectivity index (χ1n) is 7.29. The van der Waals surface area contributed by atoms with Crippen LogP contribution in [0, 0.1) is 5.92 Å². The van der Waals surface area contributed by atoms with Crippen molar-refractivity contribution in [2.75, 3.05) is 13.2 Å². The van der Waals surface area contributed by atoms with Crippen molar-refractivity contribution in [2.45, 2.75) is 24.9 Å². The number of hydrogen-bond donors (Lipinski definition) is 3. The van der Waals surface area contributed by atoms with Gasteiger partial charge in [-0.25, -0.2) is 0 Å². The highest BCUT2D eigenvalue weighted by atomic mass is 35.5. The van der Waals surface area contributed by atoms with Gasteiger partial charge in [0.2, 0.25) is 0 Å². The minimum absolute atomic E-state index is 0.229. The lowest BCUT2D eigenvalue weighted by Crippen LogP contribution is -2.47. The highest BCUT2D eigenvalue weighted by Gasteiger charge is 2.29. The first-order valence-corrected chi connectivity index (χ1v) is 7.67.